The van der Waals surface area contributed by atoms with Crippen LogP contribution in [0.5, 0.6) is 0 Å². The van der Waals surface area contributed by atoms with E-state index in [1.54, 1.807) is 0 Å². The number of nitrogens with one attached hydrogen (secondary N) is 1. The van der Waals surface area contributed by atoms with Gasteiger partial charge < -0.3 is 4.74 Å². The van der Waals surface area contributed by atoms with E-state index in [0.29, 0.717) is 6.61 Å². The molecule has 2 aromatic rings. The fraction of sp³-hybridized carbons (Fsp3) is 0.278. The number of hydrogen-bond acceptors (Lipinski definition) is 4. The topological polar surface area (TPSA) is 72.5 Å². The number of fused-ring (bicyclic) bond motifs is 1. The van der Waals surface area contributed by atoms with Gasteiger partial charge in [0.05, 0.1) is 24.9 Å². The van der Waals surface area contributed by atoms with E-state index in [4.69, 9.17) is 16.3 Å². The highest BCUT2D eigenvalue weighted by molar-refractivity contribution is 7.89. The summed E-state index contributed by atoms with van der Waals surface area (Å²) in [7, 11) is -4.05. The minimum atomic E-state index is -4.05. The van der Waals surface area contributed by atoms with Gasteiger partial charge in [0.25, 0.3) is 0 Å². The quantitative estimate of drug-likeness (QED) is 0.841. The molecular weight excluding hydrogens is 381 g/mol. The van der Waals surface area contributed by atoms with Gasteiger partial charge in [-0.1, -0.05) is 35.9 Å². The van der Waals surface area contributed by atoms with Crippen molar-refractivity contribution >= 4 is 27.5 Å². The SMILES string of the molecule is O=C(C[C@H]1OCCc2ccccc21)NS(=O)(=O)Cc1cc(Cl)ccc1F. The summed E-state index contributed by atoms with van der Waals surface area (Å²) in [6, 6.07) is 11.2. The molecule has 8 heteroatoms. The molecule has 1 atom stereocenters. The number of carbonyl (C=O) groups is 1. The third-order valence-electron chi connectivity index (χ3n) is 4.09. The van der Waals surface area contributed by atoms with Crippen LogP contribution >= 0.6 is 11.6 Å². The van der Waals surface area contributed by atoms with E-state index >= 15 is 0 Å². The Labute approximate surface area is 156 Å². The van der Waals surface area contributed by atoms with E-state index in [-0.39, 0.29) is 17.0 Å². The Balaban J connectivity index is 1.67. The van der Waals surface area contributed by atoms with E-state index in [1.807, 2.05) is 29.0 Å². The Morgan fingerprint density at radius 1 is 1.27 bits per heavy atom. The molecule has 0 saturated carbocycles. The monoisotopic (exact) mass is 397 g/mol. The number of amides is 1. The first-order chi connectivity index (χ1) is 12.3. The van der Waals surface area contributed by atoms with Crippen LogP contribution < -0.4 is 4.72 Å². The molecule has 0 fully saturated rings. The van der Waals surface area contributed by atoms with Crippen molar-refractivity contribution in [2.75, 3.05) is 6.61 Å². The fourth-order valence-corrected chi connectivity index (χ4v) is 4.25. The maximum Gasteiger partial charge on any atom is 0.239 e. The molecular formula is C18H17ClFNO4S. The molecule has 5 nitrogen and oxygen atoms in total. The van der Waals surface area contributed by atoms with Crippen LogP contribution in [0.3, 0.4) is 0 Å². The highest BCUT2D eigenvalue weighted by Crippen LogP contribution is 2.29. The van der Waals surface area contributed by atoms with E-state index in [1.165, 1.54) is 12.1 Å². The molecule has 2 aromatic carbocycles. The third kappa shape index (κ3) is 4.60. The number of carbonyl (C=O) groups excluding carboxylic acids is 1. The number of sulfonamides is 1. The lowest BCUT2D eigenvalue weighted by atomic mass is 9.96. The first-order valence-corrected chi connectivity index (χ1v) is 10.0. The van der Waals surface area contributed by atoms with Crippen LogP contribution in [-0.4, -0.2) is 20.9 Å². The Kier molecular flexibility index (Phi) is 5.60. The summed E-state index contributed by atoms with van der Waals surface area (Å²) in [6.45, 7) is 0.468. The second kappa shape index (κ2) is 7.73. The first-order valence-electron chi connectivity index (χ1n) is 8.01. The van der Waals surface area contributed by atoms with E-state index < -0.39 is 33.6 Å². The molecule has 0 bridgehead atoms. The zero-order valence-corrected chi connectivity index (χ0v) is 15.3. The molecule has 0 spiro atoms. The van der Waals surface area contributed by atoms with Crippen molar-refractivity contribution in [1.82, 2.24) is 4.72 Å². The predicted octanol–water partition coefficient (Wildman–Crippen LogP) is 3.13. The smallest absolute Gasteiger partial charge is 0.239 e. The zero-order chi connectivity index (χ0) is 18.7. The van der Waals surface area contributed by atoms with E-state index in [2.05, 4.69) is 0 Å². The average molecular weight is 398 g/mol. The lowest BCUT2D eigenvalue weighted by Crippen LogP contribution is -2.33. The maximum absolute atomic E-state index is 13.7. The van der Waals surface area contributed by atoms with Gasteiger partial charge in [-0.3, -0.25) is 9.52 Å². The summed E-state index contributed by atoms with van der Waals surface area (Å²) in [4.78, 5) is 12.2. The van der Waals surface area contributed by atoms with Crippen molar-refractivity contribution in [2.45, 2.75) is 24.7 Å². The largest absolute Gasteiger partial charge is 0.373 e. The van der Waals surface area contributed by atoms with Crippen molar-refractivity contribution in [3.8, 4) is 0 Å². The van der Waals surface area contributed by atoms with Crippen LogP contribution in [0.4, 0.5) is 4.39 Å². The van der Waals surface area contributed by atoms with Crippen molar-refractivity contribution in [3.63, 3.8) is 0 Å². The normalized spacial score (nSPS) is 16.8. The number of ether oxygens (including phenoxy) is 1. The molecule has 1 N–H and O–H groups in total. The van der Waals surface area contributed by atoms with Gasteiger partial charge >= 0.3 is 0 Å². The maximum atomic E-state index is 13.7. The van der Waals surface area contributed by atoms with Gasteiger partial charge in [-0.05, 0) is 35.7 Å². The first kappa shape index (κ1) is 18.8. The highest BCUT2D eigenvalue weighted by atomic mass is 35.5. The van der Waals surface area contributed by atoms with E-state index in [9.17, 15) is 17.6 Å². The Morgan fingerprint density at radius 3 is 2.85 bits per heavy atom. The van der Waals surface area contributed by atoms with Crippen molar-refractivity contribution in [2.24, 2.45) is 0 Å². The van der Waals surface area contributed by atoms with Crippen LogP contribution in [0.25, 0.3) is 0 Å². The number of rotatable bonds is 5. The summed E-state index contributed by atoms with van der Waals surface area (Å²) >= 11 is 5.76. The van der Waals surface area contributed by atoms with E-state index in [0.717, 1.165) is 23.6 Å². The molecule has 1 amide bonds. The van der Waals surface area contributed by atoms with Crippen LogP contribution in [0.15, 0.2) is 42.5 Å². The highest BCUT2D eigenvalue weighted by Gasteiger charge is 2.25. The number of hydrogen-bond donors (Lipinski definition) is 1. The van der Waals surface area contributed by atoms with Gasteiger partial charge in [-0.25, -0.2) is 12.8 Å². The van der Waals surface area contributed by atoms with Crippen molar-refractivity contribution in [1.29, 1.82) is 0 Å². The van der Waals surface area contributed by atoms with Crippen LogP contribution in [-0.2, 0) is 31.7 Å². The van der Waals surface area contributed by atoms with Crippen LogP contribution in [0, 0.1) is 5.82 Å². The third-order valence-corrected chi connectivity index (χ3v) is 5.55. The van der Waals surface area contributed by atoms with Crippen molar-refractivity contribution < 1.29 is 22.3 Å². The molecule has 0 unspecified atom stereocenters. The van der Waals surface area contributed by atoms with Gasteiger partial charge in [-0.15, -0.1) is 0 Å². The molecule has 3 rings (SSSR count). The second-order valence-electron chi connectivity index (χ2n) is 6.03. The zero-order valence-electron chi connectivity index (χ0n) is 13.7. The van der Waals surface area contributed by atoms with Gasteiger partial charge in [0.15, 0.2) is 0 Å². The predicted molar refractivity (Wildman–Crippen MR) is 95.6 cm³/mol. The number of benzene rings is 2. The van der Waals surface area contributed by atoms with Gasteiger partial charge in [0.2, 0.25) is 15.9 Å². The standard InChI is InChI=1S/C18H17ClFNO4S/c19-14-5-6-16(20)13(9-14)11-26(23,24)21-18(22)10-17-15-4-2-1-3-12(15)7-8-25-17/h1-6,9,17H,7-8,10-11H2,(H,21,22)/t17-/m1/s1. The minimum Gasteiger partial charge on any atom is -0.373 e. The second-order valence-corrected chi connectivity index (χ2v) is 8.19. The van der Waals surface area contributed by atoms with Crippen molar-refractivity contribution in [3.05, 3.63) is 70.0 Å². The molecule has 0 radical (unpaired) electrons. The molecule has 0 saturated heterocycles. The molecule has 1 aliphatic heterocycles. The van der Waals surface area contributed by atoms with Crippen LogP contribution in [0.1, 0.15) is 29.2 Å². The average Bonchev–Trinajstić information content (AvgIpc) is 2.57. The van der Waals surface area contributed by atoms with Gasteiger partial charge in [0.1, 0.15) is 5.82 Å². The lowest BCUT2D eigenvalue weighted by molar-refractivity contribution is -0.122. The summed E-state index contributed by atoms with van der Waals surface area (Å²) in [5.74, 6) is -2.07. The summed E-state index contributed by atoms with van der Waals surface area (Å²) in [6.07, 6.45) is 0.118. The molecule has 1 heterocycles. The fourth-order valence-electron chi connectivity index (χ4n) is 2.92. The summed E-state index contributed by atoms with van der Waals surface area (Å²) in [5, 5.41) is 0.218. The molecule has 138 valence electrons. The molecule has 1 aliphatic rings. The molecule has 0 aliphatic carbocycles. The Bertz CT molecular complexity index is 933. The molecule has 26 heavy (non-hydrogen) atoms. The number of halogens is 2. The Hall–Kier alpha value is -1.96. The van der Waals surface area contributed by atoms with Gasteiger partial charge in [0, 0.05) is 10.6 Å². The molecule has 0 aromatic heterocycles. The van der Waals surface area contributed by atoms with Crippen LogP contribution in [0.2, 0.25) is 5.02 Å². The minimum absolute atomic E-state index is 0.0999. The lowest BCUT2D eigenvalue weighted by Gasteiger charge is -2.25. The van der Waals surface area contributed by atoms with Gasteiger partial charge in [-0.2, -0.15) is 0 Å². The summed E-state index contributed by atoms with van der Waals surface area (Å²) in [5.41, 5.74) is 1.87. The Morgan fingerprint density at radius 2 is 2.04 bits per heavy atom. The summed E-state index contributed by atoms with van der Waals surface area (Å²) < 4.78 is 45.7.